The Morgan fingerprint density at radius 2 is 2.00 bits per heavy atom. The largest absolute Gasteiger partial charge is 0.379 e. The van der Waals surface area contributed by atoms with Crippen LogP contribution in [0.3, 0.4) is 0 Å². The van der Waals surface area contributed by atoms with Crippen molar-refractivity contribution in [3.63, 3.8) is 0 Å². The molecule has 1 aromatic rings. The molecule has 0 radical (unpaired) electrons. The standard InChI is InChI=1S/C16H26N2O/c1-13-5-4-6-16(11-13)15(3)17-12-14(2)18-7-9-19-10-8-18/h4-6,11,14-15,17H,7-10,12H2,1-3H3/t14-,15+/m1/s1. The first kappa shape index (κ1) is 14.5. The van der Waals surface area contributed by atoms with Gasteiger partial charge >= 0.3 is 0 Å². The number of hydrogen-bond donors (Lipinski definition) is 1. The first-order chi connectivity index (χ1) is 9.16. The van der Waals surface area contributed by atoms with E-state index in [2.05, 4.69) is 55.3 Å². The van der Waals surface area contributed by atoms with Gasteiger partial charge in [0.1, 0.15) is 0 Å². The molecule has 2 atom stereocenters. The lowest BCUT2D eigenvalue weighted by atomic mass is 10.1. The predicted molar refractivity (Wildman–Crippen MR) is 79.5 cm³/mol. The minimum Gasteiger partial charge on any atom is -0.379 e. The van der Waals surface area contributed by atoms with Gasteiger partial charge in [0.15, 0.2) is 0 Å². The predicted octanol–water partition coefficient (Wildman–Crippen LogP) is 2.37. The van der Waals surface area contributed by atoms with Crippen molar-refractivity contribution in [2.75, 3.05) is 32.8 Å². The maximum atomic E-state index is 5.40. The maximum Gasteiger partial charge on any atom is 0.0594 e. The van der Waals surface area contributed by atoms with Crippen LogP contribution in [0.25, 0.3) is 0 Å². The van der Waals surface area contributed by atoms with Crippen molar-refractivity contribution in [3.8, 4) is 0 Å². The highest BCUT2D eigenvalue weighted by Crippen LogP contribution is 2.14. The summed E-state index contributed by atoms with van der Waals surface area (Å²) in [5, 5.41) is 3.64. The zero-order valence-electron chi connectivity index (χ0n) is 12.4. The normalized spacial score (nSPS) is 20.2. The molecule has 3 nitrogen and oxygen atoms in total. The Labute approximate surface area is 116 Å². The van der Waals surface area contributed by atoms with E-state index in [1.54, 1.807) is 0 Å². The number of hydrogen-bond acceptors (Lipinski definition) is 3. The summed E-state index contributed by atoms with van der Waals surface area (Å²) in [5.41, 5.74) is 2.70. The summed E-state index contributed by atoms with van der Waals surface area (Å²) in [4.78, 5) is 2.50. The van der Waals surface area contributed by atoms with E-state index in [4.69, 9.17) is 4.74 Å². The van der Waals surface area contributed by atoms with Crippen molar-refractivity contribution in [3.05, 3.63) is 35.4 Å². The van der Waals surface area contributed by atoms with E-state index in [1.165, 1.54) is 11.1 Å². The summed E-state index contributed by atoms with van der Waals surface area (Å²) in [6, 6.07) is 9.71. The lowest BCUT2D eigenvalue weighted by molar-refractivity contribution is 0.0200. The lowest BCUT2D eigenvalue weighted by Crippen LogP contribution is -2.46. The van der Waals surface area contributed by atoms with E-state index in [0.29, 0.717) is 12.1 Å². The number of benzene rings is 1. The van der Waals surface area contributed by atoms with Crippen LogP contribution >= 0.6 is 0 Å². The molecule has 1 aliphatic heterocycles. The molecule has 0 aromatic heterocycles. The van der Waals surface area contributed by atoms with E-state index < -0.39 is 0 Å². The van der Waals surface area contributed by atoms with E-state index in [9.17, 15) is 0 Å². The number of ether oxygens (including phenoxy) is 1. The molecule has 3 heteroatoms. The number of aryl methyl sites for hydroxylation is 1. The molecule has 0 bridgehead atoms. The highest BCUT2D eigenvalue weighted by Gasteiger charge is 2.17. The molecule has 2 rings (SSSR count). The molecule has 0 saturated carbocycles. The Bertz CT molecular complexity index is 388. The fourth-order valence-corrected chi connectivity index (χ4v) is 2.55. The van der Waals surface area contributed by atoms with Gasteiger partial charge in [-0.1, -0.05) is 29.8 Å². The molecule has 1 fully saturated rings. The minimum atomic E-state index is 0.406. The van der Waals surface area contributed by atoms with Crippen molar-refractivity contribution in [1.82, 2.24) is 10.2 Å². The number of rotatable bonds is 5. The SMILES string of the molecule is Cc1cccc([C@H](C)NC[C@@H](C)N2CCOCC2)c1. The molecule has 1 aromatic carbocycles. The molecule has 106 valence electrons. The second-order valence-electron chi connectivity index (χ2n) is 5.54. The molecule has 19 heavy (non-hydrogen) atoms. The summed E-state index contributed by atoms with van der Waals surface area (Å²) in [7, 11) is 0. The van der Waals surface area contributed by atoms with Crippen molar-refractivity contribution < 1.29 is 4.74 Å². The summed E-state index contributed by atoms with van der Waals surface area (Å²) < 4.78 is 5.40. The van der Waals surface area contributed by atoms with Crippen LogP contribution in [0, 0.1) is 6.92 Å². The van der Waals surface area contributed by atoms with E-state index in [1.807, 2.05) is 0 Å². The first-order valence-corrected chi connectivity index (χ1v) is 7.28. The number of morpholine rings is 1. The number of nitrogens with one attached hydrogen (secondary N) is 1. The molecule has 1 saturated heterocycles. The van der Waals surface area contributed by atoms with Gasteiger partial charge in [-0.15, -0.1) is 0 Å². The van der Waals surface area contributed by atoms with Crippen molar-refractivity contribution >= 4 is 0 Å². The molecule has 1 aliphatic rings. The van der Waals surface area contributed by atoms with Crippen molar-refractivity contribution in [1.29, 1.82) is 0 Å². The molecule has 0 amide bonds. The Balaban J connectivity index is 1.80. The van der Waals surface area contributed by atoms with Crippen LogP contribution in [0.15, 0.2) is 24.3 Å². The quantitative estimate of drug-likeness (QED) is 0.881. The zero-order chi connectivity index (χ0) is 13.7. The third kappa shape index (κ3) is 4.30. The van der Waals surface area contributed by atoms with Crippen LogP contribution in [0.2, 0.25) is 0 Å². The topological polar surface area (TPSA) is 24.5 Å². The van der Waals surface area contributed by atoms with E-state index in [0.717, 1.165) is 32.8 Å². The van der Waals surface area contributed by atoms with Gasteiger partial charge in [0.2, 0.25) is 0 Å². The molecule has 1 heterocycles. The highest BCUT2D eigenvalue weighted by atomic mass is 16.5. The third-order valence-electron chi connectivity index (χ3n) is 3.93. The van der Waals surface area contributed by atoms with Crippen LogP contribution in [0.5, 0.6) is 0 Å². The molecular formula is C16H26N2O. The fourth-order valence-electron chi connectivity index (χ4n) is 2.55. The molecular weight excluding hydrogens is 236 g/mol. The van der Waals surface area contributed by atoms with Crippen LogP contribution in [-0.4, -0.2) is 43.8 Å². The van der Waals surface area contributed by atoms with Gasteiger partial charge in [-0.2, -0.15) is 0 Å². The van der Waals surface area contributed by atoms with Crippen LogP contribution < -0.4 is 5.32 Å². The van der Waals surface area contributed by atoms with Gasteiger partial charge in [-0.3, -0.25) is 4.90 Å². The summed E-state index contributed by atoms with van der Waals surface area (Å²) >= 11 is 0. The van der Waals surface area contributed by atoms with Crippen molar-refractivity contribution in [2.24, 2.45) is 0 Å². The Morgan fingerprint density at radius 1 is 1.26 bits per heavy atom. The van der Waals surface area contributed by atoms with Gasteiger partial charge in [0.25, 0.3) is 0 Å². The maximum absolute atomic E-state index is 5.40. The lowest BCUT2D eigenvalue weighted by Gasteiger charge is -2.33. The minimum absolute atomic E-state index is 0.406. The van der Waals surface area contributed by atoms with Crippen LogP contribution in [0.1, 0.15) is 31.0 Å². The average molecular weight is 262 g/mol. The summed E-state index contributed by atoms with van der Waals surface area (Å²) in [6.07, 6.45) is 0. The Hall–Kier alpha value is -0.900. The zero-order valence-corrected chi connectivity index (χ0v) is 12.4. The van der Waals surface area contributed by atoms with E-state index in [-0.39, 0.29) is 0 Å². The van der Waals surface area contributed by atoms with Gasteiger partial charge in [0.05, 0.1) is 13.2 Å². The Morgan fingerprint density at radius 3 is 2.68 bits per heavy atom. The highest BCUT2D eigenvalue weighted by molar-refractivity contribution is 5.24. The van der Waals surface area contributed by atoms with Crippen LogP contribution in [-0.2, 0) is 4.74 Å². The van der Waals surface area contributed by atoms with Gasteiger partial charge in [-0.05, 0) is 26.3 Å². The van der Waals surface area contributed by atoms with Gasteiger partial charge in [-0.25, -0.2) is 0 Å². The second kappa shape index (κ2) is 7.04. The molecule has 0 unspecified atom stereocenters. The van der Waals surface area contributed by atoms with Gasteiger partial charge < -0.3 is 10.1 Å². The summed E-state index contributed by atoms with van der Waals surface area (Å²) in [6.45, 7) is 11.6. The fraction of sp³-hybridized carbons (Fsp3) is 0.625. The smallest absolute Gasteiger partial charge is 0.0594 e. The average Bonchev–Trinajstić information content (AvgIpc) is 2.45. The third-order valence-corrected chi connectivity index (χ3v) is 3.93. The number of nitrogens with zero attached hydrogens (tertiary/aromatic N) is 1. The Kier molecular flexibility index (Phi) is 5.37. The van der Waals surface area contributed by atoms with E-state index >= 15 is 0 Å². The molecule has 0 spiro atoms. The molecule has 1 N–H and O–H groups in total. The first-order valence-electron chi connectivity index (χ1n) is 7.28. The molecule has 0 aliphatic carbocycles. The van der Waals surface area contributed by atoms with Gasteiger partial charge in [0, 0.05) is 31.7 Å². The van der Waals surface area contributed by atoms with Crippen LogP contribution in [0.4, 0.5) is 0 Å². The second-order valence-corrected chi connectivity index (χ2v) is 5.54. The monoisotopic (exact) mass is 262 g/mol. The summed E-state index contributed by atoms with van der Waals surface area (Å²) in [5.74, 6) is 0. The van der Waals surface area contributed by atoms with Crippen molar-refractivity contribution in [2.45, 2.75) is 32.9 Å².